The van der Waals surface area contributed by atoms with Gasteiger partial charge in [0.05, 0.1) is 18.7 Å². The van der Waals surface area contributed by atoms with Gasteiger partial charge in [0.1, 0.15) is 17.0 Å². The van der Waals surface area contributed by atoms with E-state index in [9.17, 15) is 29.4 Å². The number of anilines is 1. The fourth-order valence-corrected chi connectivity index (χ4v) is 8.04. The van der Waals surface area contributed by atoms with Crippen LogP contribution in [0, 0.1) is 5.92 Å². The highest BCUT2D eigenvalue weighted by Gasteiger charge is 2.49. The largest absolute Gasteiger partial charge is 0.484 e. The molecule has 3 aromatic rings. The average molecular weight is 738 g/mol. The SMILES string of the molecule is O=C(COc1ccc([C@@H]2[C@@H](SCC(O)c3ccc4c(c3)OCO4)C(=O)N2c2ccc(Cl)cc2)cc1)NCC(=O)N[C@H](CC1CCCCC1)C(=O)O. The molecule has 2 aliphatic heterocycles. The minimum atomic E-state index is -1.08. The summed E-state index contributed by atoms with van der Waals surface area (Å²) in [5.74, 6) is -0.162. The number of carbonyl (C=O) groups excluding carboxylic acids is 3. The standard InChI is InChI=1S/C37H40ClN3O9S/c38-25-9-11-26(12-10-25)41-34(35(36(41)45)51-20-29(42)24-8-15-30-31(17-24)50-21-49-30)23-6-13-27(14-7-23)48-19-33(44)39-18-32(43)40-28(37(46)47)16-22-4-2-1-3-5-22/h6-15,17,22,28-29,34-35,42H,1-5,16,18-21H2,(H,39,44)(H,40,43)(H,46,47)/t28-,29?,34-,35-/m1/s1. The second kappa shape index (κ2) is 16.7. The molecule has 0 radical (unpaired) electrons. The molecule has 3 aliphatic rings. The molecule has 270 valence electrons. The smallest absolute Gasteiger partial charge is 0.326 e. The topological polar surface area (TPSA) is 164 Å². The summed E-state index contributed by atoms with van der Waals surface area (Å²) in [6.45, 7) is -0.588. The summed E-state index contributed by atoms with van der Waals surface area (Å²) < 4.78 is 16.4. The maximum atomic E-state index is 13.5. The first-order valence-corrected chi connectivity index (χ1v) is 18.4. The van der Waals surface area contributed by atoms with E-state index in [1.54, 1.807) is 59.5 Å². The normalized spacial score (nSPS) is 19.5. The van der Waals surface area contributed by atoms with Crippen LogP contribution in [0.2, 0.25) is 5.02 Å². The minimum absolute atomic E-state index is 0.102. The van der Waals surface area contributed by atoms with Crippen molar-refractivity contribution in [1.82, 2.24) is 10.6 Å². The van der Waals surface area contributed by atoms with Gasteiger partial charge >= 0.3 is 5.97 Å². The molecule has 0 spiro atoms. The van der Waals surface area contributed by atoms with E-state index in [0.717, 1.165) is 37.7 Å². The number of β-lactam (4-membered cyclic amide) rings is 1. The van der Waals surface area contributed by atoms with Gasteiger partial charge in [0, 0.05) is 16.5 Å². The van der Waals surface area contributed by atoms with Gasteiger partial charge in [0.15, 0.2) is 18.1 Å². The Hall–Kier alpha value is -4.46. The molecule has 14 heteroatoms. The average Bonchev–Trinajstić information content (AvgIpc) is 3.61. The third-order valence-corrected chi connectivity index (χ3v) is 10.9. The van der Waals surface area contributed by atoms with Crippen molar-refractivity contribution in [2.45, 2.75) is 62.0 Å². The van der Waals surface area contributed by atoms with Crippen molar-refractivity contribution >= 4 is 52.7 Å². The van der Waals surface area contributed by atoms with Crippen LogP contribution in [0.15, 0.2) is 66.7 Å². The van der Waals surface area contributed by atoms with E-state index >= 15 is 0 Å². The summed E-state index contributed by atoms with van der Waals surface area (Å²) in [6, 6.07) is 18.0. The number of benzene rings is 3. The second-order valence-corrected chi connectivity index (χ2v) is 14.5. The van der Waals surface area contributed by atoms with Crippen LogP contribution in [-0.2, 0) is 19.2 Å². The number of nitrogens with one attached hydrogen (secondary N) is 2. The van der Waals surface area contributed by atoms with Crippen LogP contribution in [0.25, 0.3) is 0 Å². The van der Waals surface area contributed by atoms with E-state index in [-0.39, 0.29) is 43.6 Å². The molecular weight excluding hydrogens is 698 g/mol. The molecular formula is C37H40ClN3O9S. The highest BCUT2D eigenvalue weighted by atomic mass is 35.5. The Morgan fingerprint density at radius 3 is 2.41 bits per heavy atom. The van der Waals surface area contributed by atoms with Gasteiger partial charge in [-0.05, 0) is 72.0 Å². The van der Waals surface area contributed by atoms with Crippen molar-refractivity contribution in [3.8, 4) is 17.2 Å². The highest BCUT2D eigenvalue weighted by Crippen LogP contribution is 2.46. The summed E-state index contributed by atoms with van der Waals surface area (Å²) in [5.41, 5.74) is 2.18. The van der Waals surface area contributed by atoms with Gasteiger partial charge in [0.2, 0.25) is 18.6 Å². The van der Waals surface area contributed by atoms with E-state index in [2.05, 4.69) is 10.6 Å². The number of ether oxygens (including phenoxy) is 3. The van der Waals surface area contributed by atoms with Crippen molar-refractivity contribution in [2.24, 2.45) is 5.92 Å². The number of fused-ring (bicyclic) bond motifs is 1. The van der Waals surface area contributed by atoms with Gasteiger partial charge in [-0.2, -0.15) is 0 Å². The zero-order chi connectivity index (χ0) is 35.9. The molecule has 51 heavy (non-hydrogen) atoms. The number of carboxylic acid groups (broad SMARTS) is 1. The number of hydrogen-bond donors (Lipinski definition) is 4. The Labute approximate surface area is 304 Å². The lowest BCUT2D eigenvalue weighted by molar-refractivity contribution is -0.142. The maximum Gasteiger partial charge on any atom is 0.326 e. The maximum absolute atomic E-state index is 13.5. The Kier molecular flexibility index (Phi) is 11.9. The number of rotatable bonds is 15. The van der Waals surface area contributed by atoms with Crippen LogP contribution in [0.5, 0.6) is 17.2 Å². The van der Waals surface area contributed by atoms with Crippen LogP contribution in [0.3, 0.4) is 0 Å². The first kappa shape index (κ1) is 36.3. The summed E-state index contributed by atoms with van der Waals surface area (Å²) in [5, 5.41) is 25.6. The summed E-state index contributed by atoms with van der Waals surface area (Å²) in [7, 11) is 0. The van der Waals surface area contributed by atoms with Crippen molar-refractivity contribution in [3.63, 3.8) is 0 Å². The zero-order valence-electron chi connectivity index (χ0n) is 27.8. The lowest BCUT2D eigenvalue weighted by atomic mass is 9.85. The number of amides is 3. The summed E-state index contributed by atoms with van der Waals surface area (Å²) >= 11 is 7.47. The lowest BCUT2D eigenvalue weighted by Crippen LogP contribution is -2.57. The number of aliphatic hydroxyl groups excluding tert-OH is 1. The summed E-state index contributed by atoms with van der Waals surface area (Å²) in [6.07, 6.45) is 4.75. The van der Waals surface area contributed by atoms with Crippen LogP contribution >= 0.6 is 23.4 Å². The third-order valence-electron chi connectivity index (χ3n) is 9.33. The van der Waals surface area contributed by atoms with Gasteiger partial charge in [-0.15, -0.1) is 11.8 Å². The predicted octanol–water partition coefficient (Wildman–Crippen LogP) is 5.03. The molecule has 2 fully saturated rings. The number of halogens is 1. The first-order valence-electron chi connectivity index (χ1n) is 17.0. The molecule has 1 aliphatic carbocycles. The van der Waals surface area contributed by atoms with Crippen molar-refractivity contribution in [1.29, 1.82) is 0 Å². The van der Waals surface area contributed by atoms with Crippen molar-refractivity contribution < 1.29 is 43.6 Å². The van der Waals surface area contributed by atoms with Crippen LogP contribution < -0.4 is 29.7 Å². The van der Waals surface area contributed by atoms with E-state index in [1.165, 1.54) is 11.8 Å². The number of nitrogens with zero attached hydrogens (tertiary/aromatic N) is 1. The number of thioether (sulfide) groups is 1. The molecule has 1 saturated carbocycles. The Morgan fingerprint density at radius 1 is 0.961 bits per heavy atom. The monoisotopic (exact) mass is 737 g/mol. The van der Waals surface area contributed by atoms with Crippen LogP contribution in [0.4, 0.5) is 5.69 Å². The molecule has 4 N–H and O–H groups in total. The molecule has 0 bridgehead atoms. The Bertz CT molecular complexity index is 1720. The number of aliphatic carboxylic acids is 1. The number of aliphatic hydroxyl groups is 1. The van der Waals surface area contributed by atoms with Crippen LogP contribution in [0.1, 0.15) is 61.8 Å². The molecule has 4 atom stereocenters. The summed E-state index contributed by atoms with van der Waals surface area (Å²) in [4.78, 5) is 51.8. The number of carbonyl (C=O) groups is 4. The molecule has 0 aromatic heterocycles. The molecule has 12 nitrogen and oxygen atoms in total. The zero-order valence-corrected chi connectivity index (χ0v) is 29.4. The fraction of sp³-hybridized carbons (Fsp3) is 0.405. The van der Waals surface area contributed by atoms with Gasteiger partial charge in [-0.25, -0.2) is 4.79 Å². The molecule has 3 aromatic carbocycles. The van der Waals surface area contributed by atoms with Crippen LogP contribution in [-0.4, -0.2) is 70.9 Å². The first-order chi connectivity index (χ1) is 24.7. The van der Waals surface area contributed by atoms with E-state index in [1.807, 2.05) is 12.1 Å². The molecule has 6 rings (SSSR count). The molecule has 3 amide bonds. The van der Waals surface area contributed by atoms with E-state index < -0.39 is 35.2 Å². The predicted molar refractivity (Wildman–Crippen MR) is 191 cm³/mol. The molecule has 2 heterocycles. The van der Waals surface area contributed by atoms with Gasteiger partial charge in [-0.3, -0.25) is 14.4 Å². The van der Waals surface area contributed by atoms with Crippen molar-refractivity contribution in [2.75, 3.05) is 30.6 Å². The van der Waals surface area contributed by atoms with Gasteiger partial charge in [0.25, 0.3) is 5.91 Å². The van der Waals surface area contributed by atoms with Gasteiger partial charge in [-0.1, -0.05) is 61.9 Å². The van der Waals surface area contributed by atoms with Crippen molar-refractivity contribution in [3.05, 3.63) is 82.9 Å². The molecule has 1 unspecified atom stereocenters. The Balaban J connectivity index is 1.03. The van der Waals surface area contributed by atoms with Gasteiger partial charge < -0.3 is 40.0 Å². The highest BCUT2D eigenvalue weighted by molar-refractivity contribution is 8.00. The third kappa shape index (κ3) is 9.07. The number of hydrogen-bond acceptors (Lipinski definition) is 9. The van der Waals surface area contributed by atoms with E-state index in [4.69, 9.17) is 25.8 Å². The lowest BCUT2D eigenvalue weighted by Gasteiger charge is -2.47. The molecule has 1 saturated heterocycles. The quantitative estimate of drug-likeness (QED) is 0.156. The number of carboxylic acids is 1. The minimum Gasteiger partial charge on any atom is -0.484 e. The fourth-order valence-electron chi connectivity index (χ4n) is 6.61. The second-order valence-electron chi connectivity index (χ2n) is 12.8. The Morgan fingerprint density at radius 2 is 1.69 bits per heavy atom. The van der Waals surface area contributed by atoms with E-state index in [0.29, 0.717) is 39.9 Å².